The van der Waals surface area contributed by atoms with Gasteiger partial charge < -0.3 is 5.73 Å². The van der Waals surface area contributed by atoms with Crippen molar-refractivity contribution < 1.29 is 0 Å². The normalized spacial score (nSPS) is 10.5. The predicted octanol–water partition coefficient (Wildman–Crippen LogP) is 0.349. The molecule has 7 nitrogen and oxygen atoms in total. The van der Waals surface area contributed by atoms with Gasteiger partial charge in [0.2, 0.25) is 5.16 Å². The molecular weight excluding hydrogens is 238 g/mol. The van der Waals surface area contributed by atoms with E-state index in [1.807, 2.05) is 13.0 Å². The Bertz CT molecular complexity index is 562. The lowest BCUT2D eigenvalue weighted by Crippen LogP contribution is -2.15. The first-order valence-electron chi connectivity index (χ1n) is 4.80. The van der Waals surface area contributed by atoms with E-state index in [-0.39, 0.29) is 5.84 Å². The zero-order valence-corrected chi connectivity index (χ0v) is 10.2. The molecule has 2 aromatic rings. The molecule has 8 heteroatoms. The van der Waals surface area contributed by atoms with Crippen LogP contribution in [-0.4, -0.2) is 31.0 Å². The number of hydrogen-bond acceptors (Lipinski definition) is 6. The summed E-state index contributed by atoms with van der Waals surface area (Å²) in [6.45, 7) is 1.89. The molecule has 0 atom stereocenters. The Kier molecular flexibility index (Phi) is 3.05. The summed E-state index contributed by atoms with van der Waals surface area (Å²) < 4.78 is 1.54. The molecule has 2 aromatic heterocycles. The molecule has 0 aliphatic heterocycles. The SMILES string of the molecule is Cc1ccnc(Sc2nnnn2C)c1C(=N)N. The summed E-state index contributed by atoms with van der Waals surface area (Å²) in [5.74, 6) is -0.00627. The van der Waals surface area contributed by atoms with E-state index in [1.165, 1.54) is 11.8 Å². The van der Waals surface area contributed by atoms with Crippen LogP contribution in [0, 0.1) is 12.3 Å². The number of aryl methyl sites for hydroxylation is 2. The van der Waals surface area contributed by atoms with Crippen LogP contribution in [0.1, 0.15) is 11.1 Å². The lowest BCUT2D eigenvalue weighted by Gasteiger charge is -2.08. The average Bonchev–Trinajstić information content (AvgIpc) is 2.64. The summed E-state index contributed by atoms with van der Waals surface area (Å²) in [7, 11) is 1.74. The summed E-state index contributed by atoms with van der Waals surface area (Å²) in [5, 5.41) is 19.9. The fourth-order valence-electron chi connectivity index (χ4n) is 1.33. The molecule has 2 heterocycles. The molecule has 2 rings (SSSR count). The van der Waals surface area contributed by atoms with Crippen molar-refractivity contribution in [2.24, 2.45) is 12.8 Å². The smallest absolute Gasteiger partial charge is 0.215 e. The van der Waals surface area contributed by atoms with Gasteiger partial charge in [0.25, 0.3) is 0 Å². The fourth-order valence-corrected chi connectivity index (χ4v) is 2.24. The number of nitrogens with two attached hydrogens (primary N) is 1. The zero-order valence-electron chi connectivity index (χ0n) is 9.38. The quantitative estimate of drug-likeness (QED) is 0.600. The molecule has 0 amide bonds. The maximum atomic E-state index is 7.57. The summed E-state index contributed by atoms with van der Waals surface area (Å²) in [4.78, 5) is 4.21. The number of amidine groups is 1. The van der Waals surface area contributed by atoms with Gasteiger partial charge in [-0.25, -0.2) is 9.67 Å². The second-order valence-corrected chi connectivity index (χ2v) is 4.36. The van der Waals surface area contributed by atoms with E-state index in [4.69, 9.17) is 11.1 Å². The Morgan fingerprint density at radius 1 is 1.53 bits per heavy atom. The second-order valence-electron chi connectivity index (χ2n) is 3.41. The third-order valence-corrected chi connectivity index (χ3v) is 3.19. The molecule has 0 bridgehead atoms. The van der Waals surface area contributed by atoms with Crippen LogP contribution in [-0.2, 0) is 7.05 Å². The van der Waals surface area contributed by atoms with Gasteiger partial charge >= 0.3 is 0 Å². The highest BCUT2D eigenvalue weighted by Gasteiger charge is 2.14. The maximum Gasteiger partial charge on any atom is 0.215 e. The highest BCUT2D eigenvalue weighted by atomic mass is 32.2. The number of rotatable bonds is 3. The molecule has 3 N–H and O–H groups in total. The lowest BCUT2D eigenvalue weighted by atomic mass is 10.1. The Labute approximate surface area is 102 Å². The largest absolute Gasteiger partial charge is 0.384 e. The minimum atomic E-state index is -0.00627. The number of nitrogen functional groups attached to an aromatic ring is 1. The Morgan fingerprint density at radius 2 is 2.29 bits per heavy atom. The molecule has 0 aliphatic rings. The monoisotopic (exact) mass is 249 g/mol. The minimum Gasteiger partial charge on any atom is -0.384 e. The van der Waals surface area contributed by atoms with Gasteiger partial charge in [0, 0.05) is 13.2 Å². The summed E-state index contributed by atoms with van der Waals surface area (Å²) >= 11 is 1.28. The van der Waals surface area contributed by atoms with Crippen LogP contribution in [0.2, 0.25) is 0 Å². The van der Waals surface area contributed by atoms with E-state index in [9.17, 15) is 0 Å². The van der Waals surface area contributed by atoms with Crippen molar-refractivity contribution >= 4 is 17.6 Å². The van der Waals surface area contributed by atoms with Gasteiger partial charge in [-0.05, 0) is 40.7 Å². The number of nitrogens with zero attached hydrogens (tertiary/aromatic N) is 5. The molecule has 0 radical (unpaired) electrons. The van der Waals surface area contributed by atoms with Crippen molar-refractivity contribution in [1.82, 2.24) is 25.2 Å². The first-order valence-corrected chi connectivity index (χ1v) is 5.61. The third kappa shape index (κ3) is 2.26. The van der Waals surface area contributed by atoms with Gasteiger partial charge in [-0.2, -0.15) is 0 Å². The van der Waals surface area contributed by atoms with Gasteiger partial charge in [-0.3, -0.25) is 5.41 Å². The first-order chi connectivity index (χ1) is 8.09. The molecule has 88 valence electrons. The summed E-state index contributed by atoms with van der Waals surface area (Å²) in [6.07, 6.45) is 1.67. The zero-order chi connectivity index (χ0) is 12.4. The maximum absolute atomic E-state index is 7.57. The highest BCUT2D eigenvalue weighted by molar-refractivity contribution is 7.99. The standard InChI is InChI=1S/C9H11N7S/c1-5-3-4-12-8(6(5)7(10)11)17-9-13-14-15-16(9)2/h3-4H,1-2H3,(H3,10,11). The number of nitrogens with one attached hydrogen (secondary N) is 1. The van der Waals surface area contributed by atoms with Crippen LogP contribution in [0.4, 0.5) is 0 Å². The Morgan fingerprint density at radius 3 is 2.88 bits per heavy atom. The van der Waals surface area contributed by atoms with Crippen molar-refractivity contribution in [2.45, 2.75) is 17.1 Å². The predicted molar refractivity (Wildman–Crippen MR) is 62.9 cm³/mol. The third-order valence-electron chi connectivity index (χ3n) is 2.16. The molecule has 0 aromatic carbocycles. The lowest BCUT2D eigenvalue weighted by molar-refractivity contribution is 0.664. The van der Waals surface area contributed by atoms with Crippen LogP contribution in [0.15, 0.2) is 22.4 Å². The van der Waals surface area contributed by atoms with E-state index >= 15 is 0 Å². The van der Waals surface area contributed by atoms with Gasteiger partial charge in [-0.1, -0.05) is 0 Å². The van der Waals surface area contributed by atoms with Crippen molar-refractivity contribution in [2.75, 3.05) is 0 Å². The second kappa shape index (κ2) is 4.50. The van der Waals surface area contributed by atoms with Crippen molar-refractivity contribution in [3.05, 3.63) is 23.4 Å². The molecule has 0 fully saturated rings. The molecule has 0 spiro atoms. The Hall–Kier alpha value is -1.96. The molecule has 0 saturated heterocycles. The van der Waals surface area contributed by atoms with Gasteiger partial charge in [-0.15, -0.1) is 5.10 Å². The van der Waals surface area contributed by atoms with Crippen LogP contribution >= 0.6 is 11.8 Å². The van der Waals surface area contributed by atoms with Crippen molar-refractivity contribution in [3.63, 3.8) is 0 Å². The van der Waals surface area contributed by atoms with Crippen LogP contribution < -0.4 is 5.73 Å². The van der Waals surface area contributed by atoms with E-state index in [1.54, 1.807) is 17.9 Å². The van der Waals surface area contributed by atoms with Crippen molar-refractivity contribution in [3.8, 4) is 0 Å². The molecule has 0 unspecified atom stereocenters. The number of aromatic nitrogens is 5. The molecular formula is C9H11N7S. The van der Waals surface area contributed by atoms with E-state index in [0.29, 0.717) is 15.7 Å². The van der Waals surface area contributed by atoms with Gasteiger partial charge in [0.05, 0.1) is 5.56 Å². The van der Waals surface area contributed by atoms with Crippen LogP contribution in [0.3, 0.4) is 0 Å². The molecule has 17 heavy (non-hydrogen) atoms. The molecule has 0 aliphatic carbocycles. The summed E-state index contributed by atoms with van der Waals surface area (Å²) in [5.41, 5.74) is 7.09. The van der Waals surface area contributed by atoms with E-state index in [0.717, 1.165) is 5.56 Å². The van der Waals surface area contributed by atoms with E-state index in [2.05, 4.69) is 20.5 Å². The summed E-state index contributed by atoms with van der Waals surface area (Å²) in [6, 6.07) is 1.82. The Balaban J connectivity index is 2.43. The van der Waals surface area contributed by atoms with Crippen LogP contribution in [0.25, 0.3) is 0 Å². The van der Waals surface area contributed by atoms with Gasteiger partial charge in [0.15, 0.2) is 0 Å². The van der Waals surface area contributed by atoms with E-state index < -0.39 is 0 Å². The first kappa shape index (κ1) is 11.5. The topological polar surface area (TPSA) is 106 Å². The average molecular weight is 249 g/mol. The number of hydrogen-bond donors (Lipinski definition) is 2. The number of pyridine rings is 1. The highest BCUT2D eigenvalue weighted by Crippen LogP contribution is 2.27. The minimum absolute atomic E-state index is 0.00627. The van der Waals surface area contributed by atoms with Crippen LogP contribution in [0.5, 0.6) is 0 Å². The fraction of sp³-hybridized carbons (Fsp3) is 0.222. The number of tetrazole rings is 1. The molecule has 0 saturated carbocycles. The van der Waals surface area contributed by atoms with Gasteiger partial charge in [0.1, 0.15) is 10.9 Å². The van der Waals surface area contributed by atoms with Crippen molar-refractivity contribution in [1.29, 1.82) is 5.41 Å².